The molecular weight excluding hydrogens is 320 g/mol. The molecule has 7 heteroatoms. The third-order valence-electron chi connectivity index (χ3n) is 2.84. The lowest BCUT2D eigenvalue weighted by molar-refractivity contribution is -0.122. The van der Waals surface area contributed by atoms with Crippen LogP contribution in [0.15, 0.2) is 57.1 Å². The van der Waals surface area contributed by atoms with Gasteiger partial charge in [-0.15, -0.1) is 0 Å². The highest BCUT2D eigenvalue weighted by Crippen LogP contribution is 2.32. The minimum atomic E-state index is -0.321. The van der Waals surface area contributed by atoms with E-state index >= 15 is 0 Å². The highest BCUT2D eigenvalue weighted by molar-refractivity contribution is 8.26. The van der Waals surface area contributed by atoms with Gasteiger partial charge >= 0.3 is 0 Å². The summed E-state index contributed by atoms with van der Waals surface area (Å²) >= 11 is 6.31. The van der Waals surface area contributed by atoms with Crippen LogP contribution < -0.4 is 0 Å². The van der Waals surface area contributed by atoms with Crippen molar-refractivity contribution in [3.63, 3.8) is 0 Å². The third kappa shape index (κ3) is 2.95. The predicted molar refractivity (Wildman–Crippen MR) is 89.4 cm³/mol. The Balaban J connectivity index is 1.82. The van der Waals surface area contributed by atoms with Crippen molar-refractivity contribution in [2.24, 2.45) is 5.10 Å². The Morgan fingerprint density at radius 1 is 1.27 bits per heavy atom. The standard InChI is InChI=1S/C15H10N2O3S2/c18-12-6-2-1-4-10(12)9-16-17-14(19)13(22-15(17)21)8-11-5-3-7-20-11/h1-9,18H/b13-8+,16-9+. The van der Waals surface area contributed by atoms with E-state index in [0.29, 0.717) is 20.5 Å². The second kappa shape index (κ2) is 6.17. The van der Waals surface area contributed by atoms with Crippen molar-refractivity contribution in [1.29, 1.82) is 0 Å². The number of benzene rings is 1. The lowest BCUT2D eigenvalue weighted by atomic mass is 10.2. The van der Waals surface area contributed by atoms with Crippen molar-refractivity contribution < 1.29 is 14.3 Å². The van der Waals surface area contributed by atoms with Gasteiger partial charge in [0.1, 0.15) is 11.5 Å². The molecule has 1 saturated heterocycles. The minimum Gasteiger partial charge on any atom is -0.507 e. The number of thiocarbonyl (C=S) groups is 1. The van der Waals surface area contributed by atoms with Crippen LogP contribution in [-0.2, 0) is 4.79 Å². The summed E-state index contributed by atoms with van der Waals surface area (Å²) in [5.41, 5.74) is 0.506. The van der Waals surface area contributed by atoms with Gasteiger partial charge in [0.2, 0.25) is 0 Å². The zero-order valence-corrected chi connectivity index (χ0v) is 12.8. The molecule has 1 amide bonds. The number of hydrazone groups is 1. The van der Waals surface area contributed by atoms with Crippen LogP contribution >= 0.6 is 24.0 Å². The van der Waals surface area contributed by atoms with Gasteiger partial charge in [-0.1, -0.05) is 23.9 Å². The number of aromatic hydroxyl groups is 1. The number of phenolic OH excluding ortho intramolecular Hbond substituents is 1. The largest absolute Gasteiger partial charge is 0.507 e. The molecule has 1 aromatic heterocycles. The first-order chi connectivity index (χ1) is 10.6. The quantitative estimate of drug-likeness (QED) is 0.532. The summed E-state index contributed by atoms with van der Waals surface area (Å²) in [4.78, 5) is 12.7. The van der Waals surface area contributed by atoms with E-state index < -0.39 is 0 Å². The Morgan fingerprint density at radius 2 is 2.09 bits per heavy atom. The first kappa shape index (κ1) is 14.6. The third-order valence-corrected chi connectivity index (χ3v) is 4.12. The monoisotopic (exact) mass is 330 g/mol. The molecule has 0 spiro atoms. The molecule has 3 rings (SSSR count). The van der Waals surface area contributed by atoms with Crippen molar-refractivity contribution in [2.75, 3.05) is 0 Å². The smallest absolute Gasteiger partial charge is 0.286 e. The maximum atomic E-state index is 12.3. The molecule has 1 aromatic carbocycles. The van der Waals surface area contributed by atoms with Gasteiger partial charge in [0.25, 0.3) is 5.91 Å². The molecule has 0 aliphatic carbocycles. The molecule has 2 aromatic rings. The van der Waals surface area contributed by atoms with Crippen molar-refractivity contribution in [3.8, 4) is 5.75 Å². The van der Waals surface area contributed by atoms with Gasteiger partial charge in [-0.2, -0.15) is 10.1 Å². The Bertz CT molecular complexity index is 782. The number of phenols is 1. The van der Waals surface area contributed by atoms with E-state index in [1.807, 2.05) is 0 Å². The number of thioether (sulfide) groups is 1. The molecule has 110 valence electrons. The van der Waals surface area contributed by atoms with Gasteiger partial charge in [-0.05, 0) is 36.5 Å². The molecule has 0 atom stereocenters. The molecule has 1 fully saturated rings. The van der Waals surface area contributed by atoms with Crippen molar-refractivity contribution >= 4 is 46.5 Å². The zero-order chi connectivity index (χ0) is 15.5. The first-order valence-corrected chi connectivity index (χ1v) is 7.51. The fourth-order valence-electron chi connectivity index (χ4n) is 1.78. The van der Waals surface area contributed by atoms with E-state index in [1.165, 1.54) is 12.5 Å². The summed E-state index contributed by atoms with van der Waals surface area (Å²) in [6, 6.07) is 10.2. The Labute approximate surface area is 135 Å². The summed E-state index contributed by atoms with van der Waals surface area (Å²) in [7, 11) is 0. The molecule has 1 aliphatic heterocycles. The number of amides is 1. The molecule has 5 nitrogen and oxygen atoms in total. The second-order valence-corrected chi connectivity index (χ2v) is 5.99. The predicted octanol–water partition coefficient (Wildman–Crippen LogP) is 3.22. The minimum absolute atomic E-state index is 0.0859. The fourth-order valence-corrected chi connectivity index (χ4v) is 2.93. The van der Waals surface area contributed by atoms with Gasteiger partial charge in [-0.25, -0.2) is 0 Å². The van der Waals surface area contributed by atoms with E-state index in [0.717, 1.165) is 16.8 Å². The topological polar surface area (TPSA) is 66.0 Å². The van der Waals surface area contributed by atoms with Gasteiger partial charge in [0.15, 0.2) is 4.32 Å². The van der Waals surface area contributed by atoms with E-state index in [1.54, 1.807) is 42.5 Å². The van der Waals surface area contributed by atoms with Crippen LogP contribution in [0, 0.1) is 0 Å². The van der Waals surface area contributed by atoms with Crippen LogP contribution in [0.3, 0.4) is 0 Å². The number of hydrogen-bond donors (Lipinski definition) is 1. The van der Waals surface area contributed by atoms with Gasteiger partial charge in [0.05, 0.1) is 17.4 Å². The number of rotatable bonds is 3. The van der Waals surface area contributed by atoms with Crippen LogP contribution in [-0.4, -0.2) is 26.6 Å². The fraction of sp³-hybridized carbons (Fsp3) is 0. The lowest BCUT2D eigenvalue weighted by Gasteiger charge is -2.06. The van der Waals surface area contributed by atoms with Gasteiger partial charge in [-0.3, -0.25) is 4.79 Å². The maximum absolute atomic E-state index is 12.3. The molecule has 1 aliphatic rings. The molecule has 0 unspecified atom stereocenters. The summed E-state index contributed by atoms with van der Waals surface area (Å²) in [6.45, 7) is 0. The van der Waals surface area contributed by atoms with E-state index in [9.17, 15) is 9.90 Å². The number of para-hydroxylation sites is 1. The highest BCUT2D eigenvalue weighted by Gasteiger charge is 2.32. The molecule has 0 bridgehead atoms. The molecule has 22 heavy (non-hydrogen) atoms. The Morgan fingerprint density at radius 3 is 2.82 bits per heavy atom. The molecule has 0 radical (unpaired) electrons. The van der Waals surface area contributed by atoms with E-state index in [-0.39, 0.29) is 11.7 Å². The SMILES string of the molecule is O=C1/C(=C\c2ccco2)SC(=S)N1/N=C/c1ccccc1O. The van der Waals surface area contributed by atoms with Crippen LogP contribution in [0.1, 0.15) is 11.3 Å². The normalized spacial score (nSPS) is 17.1. The Kier molecular flexibility index (Phi) is 4.08. The maximum Gasteiger partial charge on any atom is 0.286 e. The van der Waals surface area contributed by atoms with E-state index in [2.05, 4.69) is 5.10 Å². The summed E-state index contributed by atoms with van der Waals surface area (Å²) in [5.74, 6) is 0.339. The van der Waals surface area contributed by atoms with Gasteiger partial charge < -0.3 is 9.52 Å². The van der Waals surface area contributed by atoms with Crippen LogP contribution in [0.5, 0.6) is 5.75 Å². The Hall–Kier alpha value is -2.38. The first-order valence-electron chi connectivity index (χ1n) is 6.28. The van der Waals surface area contributed by atoms with Crippen molar-refractivity contribution in [3.05, 3.63) is 58.9 Å². The number of hydrogen-bond acceptors (Lipinski definition) is 6. The van der Waals surface area contributed by atoms with Crippen molar-refractivity contribution in [1.82, 2.24) is 5.01 Å². The number of carbonyl (C=O) groups excluding carboxylic acids is 1. The zero-order valence-electron chi connectivity index (χ0n) is 11.2. The number of furan rings is 1. The number of nitrogens with zero attached hydrogens (tertiary/aromatic N) is 2. The summed E-state index contributed by atoms with van der Waals surface area (Å²) < 4.78 is 5.51. The summed E-state index contributed by atoms with van der Waals surface area (Å²) in [6.07, 6.45) is 4.55. The number of carbonyl (C=O) groups is 1. The van der Waals surface area contributed by atoms with Crippen LogP contribution in [0.25, 0.3) is 6.08 Å². The highest BCUT2D eigenvalue weighted by atomic mass is 32.2. The van der Waals surface area contributed by atoms with Gasteiger partial charge in [0, 0.05) is 11.6 Å². The lowest BCUT2D eigenvalue weighted by Crippen LogP contribution is -2.22. The second-order valence-electron chi connectivity index (χ2n) is 4.31. The van der Waals surface area contributed by atoms with Crippen LogP contribution in [0.2, 0.25) is 0 Å². The molecular formula is C15H10N2O3S2. The van der Waals surface area contributed by atoms with Crippen molar-refractivity contribution in [2.45, 2.75) is 0 Å². The van der Waals surface area contributed by atoms with E-state index in [4.69, 9.17) is 16.6 Å². The average molecular weight is 330 g/mol. The summed E-state index contributed by atoms with van der Waals surface area (Å²) in [5, 5.41) is 14.9. The average Bonchev–Trinajstić information content (AvgIpc) is 3.09. The molecule has 1 N–H and O–H groups in total. The van der Waals surface area contributed by atoms with Crippen LogP contribution in [0.4, 0.5) is 0 Å². The molecule has 2 heterocycles. The molecule has 0 saturated carbocycles.